The monoisotopic (exact) mass is 384 g/mol. The minimum absolute atomic E-state index is 0.0602. The van der Waals surface area contributed by atoms with Gasteiger partial charge >= 0.3 is 5.97 Å². The Labute approximate surface area is 160 Å². The van der Waals surface area contributed by atoms with Gasteiger partial charge in [0.1, 0.15) is 6.54 Å². The number of nitrogens with zero attached hydrogens (tertiary/aromatic N) is 3. The van der Waals surface area contributed by atoms with Crippen LogP contribution in [0.3, 0.4) is 0 Å². The van der Waals surface area contributed by atoms with Gasteiger partial charge < -0.3 is 15.3 Å². The molecule has 2 amide bonds. The number of hydrogen-bond donors (Lipinski definition) is 2. The van der Waals surface area contributed by atoms with Gasteiger partial charge in [-0.1, -0.05) is 24.3 Å². The largest absolute Gasteiger partial charge is 0.480 e. The molecule has 1 unspecified atom stereocenters. The van der Waals surface area contributed by atoms with Gasteiger partial charge in [0.05, 0.1) is 6.20 Å². The molecule has 1 saturated heterocycles. The summed E-state index contributed by atoms with van der Waals surface area (Å²) in [5.41, 5.74) is 2.83. The first-order valence-corrected chi connectivity index (χ1v) is 8.74. The lowest BCUT2D eigenvalue weighted by atomic mass is 9.94. The lowest BCUT2D eigenvalue weighted by Crippen LogP contribution is -2.52. The van der Waals surface area contributed by atoms with Crippen molar-refractivity contribution in [1.29, 1.82) is 0 Å². The van der Waals surface area contributed by atoms with Crippen molar-refractivity contribution >= 4 is 23.6 Å². The summed E-state index contributed by atoms with van der Waals surface area (Å²) in [6.07, 6.45) is 3.72. The van der Waals surface area contributed by atoms with Gasteiger partial charge in [0.2, 0.25) is 11.8 Å². The number of rotatable bonds is 6. The maximum atomic E-state index is 12.6. The molecule has 0 saturated carbocycles. The zero-order valence-electron chi connectivity index (χ0n) is 15.3. The molecule has 0 radical (unpaired) electrons. The minimum Gasteiger partial charge on any atom is -0.480 e. The normalized spacial score (nSPS) is 16.9. The van der Waals surface area contributed by atoms with E-state index in [4.69, 9.17) is 5.11 Å². The minimum atomic E-state index is -1.48. The summed E-state index contributed by atoms with van der Waals surface area (Å²) < 4.78 is 1.71. The molecule has 9 nitrogen and oxygen atoms in total. The van der Waals surface area contributed by atoms with Crippen molar-refractivity contribution in [3.05, 3.63) is 42.2 Å². The number of ketones is 1. The number of carbonyl (C=O) groups is 4. The van der Waals surface area contributed by atoms with E-state index in [1.807, 2.05) is 37.5 Å². The van der Waals surface area contributed by atoms with Crippen molar-refractivity contribution in [2.75, 3.05) is 13.1 Å². The van der Waals surface area contributed by atoms with Gasteiger partial charge in [0.25, 0.3) is 0 Å². The summed E-state index contributed by atoms with van der Waals surface area (Å²) in [4.78, 5) is 48.7. The zero-order chi connectivity index (χ0) is 20.3. The van der Waals surface area contributed by atoms with E-state index in [0.29, 0.717) is 0 Å². The molecule has 9 heteroatoms. The molecule has 146 valence electrons. The third-order valence-corrected chi connectivity index (χ3v) is 4.55. The summed E-state index contributed by atoms with van der Waals surface area (Å²) in [6, 6.07) is 7.60. The Morgan fingerprint density at radius 1 is 1.21 bits per heavy atom. The number of nitrogens with one attached hydrogen (secondary N) is 1. The summed E-state index contributed by atoms with van der Waals surface area (Å²) in [7, 11) is 1.84. The Morgan fingerprint density at radius 3 is 2.54 bits per heavy atom. The third kappa shape index (κ3) is 4.25. The fraction of sp³-hybridized carbons (Fsp3) is 0.316. The molecule has 0 bridgehead atoms. The standard InChI is InChI=1S/C19H20N4O5/c1-22-11-14(8-21-22)13-4-2-12(3-5-13)10-23-7-6-15(24)17(19(23)28)18(27)20-9-16(25)26/h2-5,8,11,17H,6-7,9-10H2,1H3,(H,20,27)(H,25,26). The molecule has 1 atom stereocenters. The molecule has 1 aliphatic heterocycles. The second-order valence-corrected chi connectivity index (χ2v) is 6.62. The SMILES string of the molecule is Cn1cc(-c2ccc(CN3CCC(=O)C(C(=O)NCC(=O)O)C3=O)cc2)cn1. The number of carbonyl (C=O) groups excluding carboxylic acids is 3. The number of aryl methyl sites for hydroxylation is 1. The summed E-state index contributed by atoms with van der Waals surface area (Å²) >= 11 is 0. The lowest BCUT2D eigenvalue weighted by molar-refractivity contribution is -0.152. The van der Waals surface area contributed by atoms with Crippen molar-refractivity contribution in [2.45, 2.75) is 13.0 Å². The number of Topliss-reactive ketones (excluding diaryl/α,β-unsaturated/α-hetero) is 1. The van der Waals surface area contributed by atoms with Crippen LogP contribution in [0.15, 0.2) is 36.7 Å². The molecule has 2 aromatic rings. The Hall–Kier alpha value is -3.49. The summed E-state index contributed by atoms with van der Waals surface area (Å²) in [5.74, 6) is -4.68. The Balaban J connectivity index is 1.68. The van der Waals surface area contributed by atoms with Crippen LogP contribution in [-0.4, -0.2) is 56.4 Å². The highest BCUT2D eigenvalue weighted by Gasteiger charge is 2.40. The molecule has 1 aromatic carbocycles. The lowest BCUT2D eigenvalue weighted by Gasteiger charge is -2.30. The van der Waals surface area contributed by atoms with Gasteiger partial charge in [-0.15, -0.1) is 0 Å². The number of carboxylic acids is 1. The Kier molecular flexibility index (Phi) is 5.53. The molecule has 2 N–H and O–H groups in total. The highest BCUT2D eigenvalue weighted by Crippen LogP contribution is 2.21. The van der Waals surface area contributed by atoms with Gasteiger partial charge in [0.15, 0.2) is 11.7 Å². The zero-order valence-corrected chi connectivity index (χ0v) is 15.3. The first kappa shape index (κ1) is 19.3. The van der Waals surface area contributed by atoms with Crippen LogP contribution in [0.25, 0.3) is 11.1 Å². The van der Waals surface area contributed by atoms with E-state index in [1.165, 1.54) is 4.90 Å². The highest BCUT2D eigenvalue weighted by molar-refractivity contribution is 6.19. The number of carboxylic acid groups (broad SMARTS) is 1. The van der Waals surface area contributed by atoms with Crippen molar-refractivity contribution in [3.63, 3.8) is 0 Å². The number of aromatic nitrogens is 2. The van der Waals surface area contributed by atoms with Crippen LogP contribution in [0, 0.1) is 5.92 Å². The average Bonchev–Trinajstić information content (AvgIpc) is 3.09. The summed E-state index contributed by atoms with van der Waals surface area (Å²) in [5, 5.41) is 14.9. The first-order chi connectivity index (χ1) is 13.3. The van der Waals surface area contributed by atoms with Gasteiger partial charge in [-0.2, -0.15) is 5.10 Å². The van der Waals surface area contributed by atoms with E-state index in [1.54, 1.807) is 10.9 Å². The predicted molar refractivity (Wildman–Crippen MR) is 97.8 cm³/mol. The van der Waals surface area contributed by atoms with Crippen molar-refractivity contribution < 1.29 is 24.3 Å². The molecule has 28 heavy (non-hydrogen) atoms. The van der Waals surface area contributed by atoms with E-state index < -0.39 is 36.0 Å². The number of amides is 2. The van der Waals surface area contributed by atoms with Crippen LogP contribution in [0.2, 0.25) is 0 Å². The molecule has 0 spiro atoms. The average molecular weight is 384 g/mol. The van der Waals surface area contributed by atoms with Crippen molar-refractivity contribution in [3.8, 4) is 11.1 Å². The Bertz CT molecular complexity index is 919. The molecule has 1 fully saturated rings. The van der Waals surface area contributed by atoms with E-state index in [2.05, 4.69) is 10.4 Å². The summed E-state index contributed by atoms with van der Waals surface area (Å²) in [6.45, 7) is -0.140. The number of likely N-dealkylation sites (tertiary alicyclic amines) is 1. The van der Waals surface area contributed by atoms with Crippen molar-refractivity contribution in [2.24, 2.45) is 13.0 Å². The molecular weight excluding hydrogens is 364 g/mol. The van der Waals surface area contributed by atoms with Crippen LogP contribution in [0.4, 0.5) is 0 Å². The highest BCUT2D eigenvalue weighted by atomic mass is 16.4. The van der Waals surface area contributed by atoms with E-state index in [9.17, 15) is 19.2 Å². The van der Waals surface area contributed by atoms with Gasteiger partial charge in [-0.05, 0) is 11.1 Å². The van der Waals surface area contributed by atoms with Gasteiger partial charge in [0, 0.05) is 38.3 Å². The van der Waals surface area contributed by atoms with E-state index >= 15 is 0 Å². The fourth-order valence-corrected chi connectivity index (χ4v) is 3.09. The van der Waals surface area contributed by atoms with Crippen LogP contribution in [0.5, 0.6) is 0 Å². The van der Waals surface area contributed by atoms with Crippen LogP contribution in [-0.2, 0) is 32.8 Å². The predicted octanol–water partition coefficient (Wildman–Crippen LogP) is 0.206. The number of hydrogen-bond acceptors (Lipinski definition) is 5. The van der Waals surface area contributed by atoms with Gasteiger partial charge in [-0.25, -0.2) is 0 Å². The number of aliphatic carboxylic acids is 1. The second kappa shape index (κ2) is 8.03. The Morgan fingerprint density at radius 2 is 1.93 bits per heavy atom. The quantitative estimate of drug-likeness (QED) is 0.687. The molecule has 2 heterocycles. The number of benzene rings is 1. The van der Waals surface area contributed by atoms with Crippen LogP contribution < -0.4 is 5.32 Å². The maximum Gasteiger partial charge on any atom is 0.322 e. The topological polar surface area (TPSA) is 122 Å². The third-order valence-electron chi connectivity index (χ3n) is 4.55. The number of piperidine rings is 1. The maximum absolute atomic E-state index is 12.6. The van der Waals surface area contributed by atoms with Crippen LogP contribution in [0.1, 0.15) is 12.0 Å². The molecular formula is C19H20N4O5. The van der Waals surface area contributed by atoms with E-state index in [0.717, 1.165) is 16.7 Å². The molecule has 1 aromatic heterocycles. The van der Waals surface area contributed by atoms with Crippen LogP contribution >= 0.6 is 0 Å². The fourth-order valence-electron chi connectivity index (χ4n) is 3.09. The smallest absolute Gasteiger partial charge is 0.322 e. The molecule has 0 aliphatic carbocycles. The molecule has 3 rings (SSSR count). The van der Waals surface area contributed by atoms with E-state index in [-0.39, 0.29) is 19.5 Å². The second-order valence-electron chi connectivity index (χ2n) is 6.62. The van der Waals surface area contributed by atoms with Crippen molar-refractivity contribution in [1.82, 2.24) is 20.0 Å². The molecule has 1 aliphatic rings. The first-order valence-electron chi connectivity index (χ1n) is 8.74. The van der Waals surface area contributed by atoms with Gasteiger partial charge in [-0.3, -0.25) is 23.9 Å².